The highest BCUT2D eigenvalue weighted by molar-refractivity contribution is 5.15. The molecule has 0 bridgehead atoms. The zero-order chi connectivity index (χ0) is 21.7. The number of rotatable bonds is 21. The average Bonchev–Trinajstić information content (AvgIpc) is 2.75. The van der Waals surface area contributed by atoms with E-state index in [0.29, 0.717) is 0 Å². The SMILES string of the molecule is CCCCCCCCCc1cc(CCCCCCCCC)c[n+](CCCCCC)c1. The van der Waals surface area contributed by atoms with Crippen molar-refractivity contribution in [3.05, 3.63) is 29.6 Å². The van der Waals surface area contributed by atoms with Crippen LogP contribution in [0.1, 0.15) is 147 Å². The van der Waals surface area contributed by atoms with Crippen molar-refractivity contribution in [2.75, 3.05) is 0 Å². The van der Waals surface area contributed by atoms with Gasteiger partial charge in [-0.05, 0) is 38.2 Å². The van der Waals surface area contributed by atoms with E-state index in [2.05, 4.69) is 43.8 Å². The molecular formula is C29H54N+. The van der Waals surface area contributed by atoms with E-state index in [4.69, 9.17) is 0 Å². The molecule has 0 saturated carbocycles. The predicted octanol–water partition coefficient (Wildman–Crippen LogP) is 9.14. The molecule has 0 atom stereocenters. The second-order valence-electron chi connectivity index (χ2n) is 9.59. The van der Waals surface area contributed by atoms with Crippen LogP contribution in [0.25, 0.3) is 0 Å². The number of aryl methyl sites for hydroxylation is 3. The smallest absolute Gasteiger partial charge is 0.171 e. The molecule has 1 heteroatoms. The lowest BCUT2D eigenvalue weighted by atomic mass is 10.0. The second-order valence-corrected chi connectivity index (χ2v) is 9.59. The zero-order valence-corrected chi connectivity index (χ0v) is 21.0. The number of nitrogens with zero attached hydrogens (tertiary/aromatic N) is 1. The summed E-state index contributed by atoms with van der Waals surface area (Å²) in [5, 5.41) is 0. The van der Waals surface area contributed by atoms with Crippen LogP contribution < -0.4 is 4.57 Å². The lowest BCUT2D eigenvalue weighted by Gasteiger charge is -2.07. The highest BCUT2D eigenvalue weighted by Gasteiger charge is 2.08. The van der Waals surface area contributed by atoms with E-state index in [1.165, 1.54) is 135 Å². The average molecular weight is 417 g/mol. The predicted molar refractivity (Wildman–Crippen MR) is 134 cm³/mol. The molecule has 1 aromatic rings. The van der Waals surface area contributed by atoms with E-state index in [9.17, 15) is 0 Å². The Kier molecular flexibility index (Phi) is 18.2. The van der Waals surface area contributed by atoms with E-state index >= 15 is 0 Å². The van der Waals surface area contributed by atoms with Gasteiger partial charge < -0.3 is 0 Å². The highest BCUT2D eigenvalue weighted by Crippen LogP contribution is 2.14. The Hall–Kier alpha value is -0.850. The molecule has 0 fully saturated rings. The van der Waals surface area contributed by atoms with Crippen LogP contribution in [0.4, 0.5) is 0 Å². The van der Waals surface area contributed by atoms with Crippen molar-refractivity contribution >= 4 is 0 Å². The van der Waals surface area contributed by atoms with Crippen molar-refractivity contribution in [2.45, 2.75) is 156 Å². The van der Waals surface area contributed by atoms with Crippen molar-refractivity contribution < 1.29 is 4.57 Å². The number of pyridine rings is 1. The minimum atomic E-state index is 1.20. The molecule has 0 N–H and O–H groups in total. The standard InChI is InChI=1S/C29H54N/c1-4-7-10-13-15-17-19-22-28-25-29(23-20-18-16-14-11-8-5-2)27-30(26-28)24-21-12-9-6-3/h25-27H,4-24H2,1-3H3/q+1. The molecular weight excluding hydrogens is 362 g/mol. The van der Waals surface area contributed by atoms with Gasteiger partial charge in [0.15, 0.2) is 12.4 Å². The number of aromatic nitrogens is 1. The summed E-state index contributed by atoms with van der Waals surface area (Å²) < 4.78 is 2.52. The summed E-state index contributed by atoms with van der Waals surface area (Å²) in [6.07, 6.45) is 32.5. The van der Waals surface area contributed by atoms with Gasteiger partial charge in [-0.1, -0.05) is 111 Å². The Morgan fingerprint density at radius 3 is 1.27 bits per heavy atom. The normalized spacial score (nSPS) is 11.3. The first kappa shape index (κ1) is 27.2. The summed E-state index contributed by atoms with van der Waals surface area (Å²) in [5.74, 6) is 0. The van der Waals surface area contributed by atoms with Gasteiger partial charge in [0.05, 0.1) is 0 Å². The molecule has 0 radical (unpaired) electrons. The van der Waals surface area contributed by atoms with Gasteiger partial charge in [-0.2, -0.15) is 0 Å². The van der Waals surface area contributed by atoms with E-state index in [1.807, 2.05) is 0 Å². The first-order valence-electron chi connectivity index (χ1n) is 13.8. The van der Waals surface area contributed by atoms with Gasteiger partial charge in [-0.3, -0.25) is 0 Å². The van der Waals surface area contributed by atoms with Crippen molar-refractivity contribution in [3.63, 3.8) is 0 Å². The maximum Gasteiger partial charge on any atom is 0.171 e. The summed E-state index contributed by atoms with van der Waals surface area (Å²) in [7, 11) is 0. The molecule has 1 rings (SSSR count). The Balaban J connectivity index is 2.44. The fraction of sp³-hybridized carbons (Fsp3) is 0.828. The van der Waals surface area contributed by atoms with Gasteiger partial charge in [0.25, 0.3) is 0 Å². The Morgan fingerprint density at radius 1 is 0.467 bits per heavy atom. The van der Waals surface area contributed by atoms with Gasteiger partial charge in [0.2, 0.25) is 0 Å². The van der Waals surface area contributed by atoms with Gasteiger partial charge in [-0.25, -0.2) is 4.57 Å². The van der Waals surface area contributed by atoms with Crippen LogP contribution >= 0.6 is 0 Å². The first-order chi connectivity index (χ1) is 14.8. The molecule has 0 spiro atoms. The summed E-state index contributed by atoms with van der Waals surface area (Å²) in [6, 6.07) is 2.52. The van der Waals surface area contributed by atoms with Crippen LogP contribution in [-0.4, -0.2) is 0 Å². The molecule has 174 valence electrons. The maximum atomic E-state index is 2.52. The highest BCUT2D eigenvalue weighted by atomic mass is 14.9. The van der Waals surface area contributed by atoms with Crippen molar-refractivity contribution in [2.24, 2.45) is 0 Å². The quantitative estimate of drug-likeness (QED) is 0.139. The molecule has 0 unspecified atom stereocenters. The molecule has 0 aliphatic carbocycles. The maximum absolute atomic E-state index is 2.52. The fourth-order valence-corrected chi connectivity index (χ4v) is 4.47. The Morgan fingerprint density at radius 2 is 0.833 bits per heavy atom. The van der Waals surface area contributed by atoms with Crippen molar-refractivity contribution in [1.82, 2.24) is 0 Å². The monoisotopic (exact) mass is 416 g/mol. The van der Waals surface area contributed by atoms with E-state index < -0.39 is 0 Å². The molecule has 0 aliphatic rings. The molecule has 0 amide bonds. The van der Waals surface area contributed by atoms with E-state index in [-0.39, 0.29) is 0 Å². The van der Waals surface area contributed by atoms with Crippen LogP contribution in [0.3, 0.4) is 0 Å². The molecule has 1 aromatic heterocycles. The number of unbranched alkanes of at least 4 members (excludes halogenated alkanes) is 15. The summed E-state index contributed by atoms with van der Waals surface area (Å²) >= 11 is 0. The third-order valence-electron chi connectivity index (χ3n) is 6.44. The number of hydrogen-bond donors (Lipinski definition) is 0. The minimum absolute atomic E-state index is 1.20. The van der Waals surface area contributed by atoms with Gasteiger partial charge in [0, 0.05) is 17.5 Å². The summed E-state index contributed by atoms with van der Waals surface area (Å²) in [5.41, 5.74) is 3.17. The van der Waals surface area contributed by atoms with E-state index in [1.54, 1.807) is 11.1 Å². The molecule has 1 nitrogen and oxygen atoms in total. The van der Waals surface area contributed by atoms with Gasteiger partial charge >= 0.3 is 0 Å². The van der Waals surface area contributed by atoms with E-state index in [0.717, 1.165) is 0 Å². The first-order valence-corrected chi connectivity index (χ1v) is 13.8. The van der Waals surface area contributed by atoms with Gasteiger partial charge in [-0.15, -0.1) is 0 Å². The van der Waals surface area contributed by atoms with Crippen LogP contribution in [0.15, 0.2) is 18.5 Å². The van der Waals surface area contributed by atoms with Crippen LogP contribution in [-0.2, 0) is 19.4 Å². The molecule has 30 heavy (non-hydrogen) atoms. The minimum Gasteiger partial charge on any atom is -0.205 e. The van der Waals surface area contributed by atoms with Gasteiger partial charge in [0.1, 0.15) is 6.54 Å². The number of hydrogen-bond acceptors (Lipinski definition) is 0. The molecule has 1 heterocycles. The summed E-state index contributed by atoms with van der Waals surface area (Å²) in [4.78, 5) is 0. The lowest BCUT2D eigenvalue weighted by molar-refractivity contribution is -0.698. The summed E-state index contributed by atoms with van der Waals surface area (Å²) in [6.45, 7) is 8.11. The lowest BCUT2D eigenvalue weighted by Crippen LogP contribution is -2.34. The topological polar surface area (TPSA) is 3.88 Å². The third-order valence-corrected chi connectivity index (χ3v) is 6.44. The van der Waals surface area contributed by atoms with Crippen LogP contribution in [0.5, 0.6) is 0 Å². The Labute approximate surface area is 190 Å². The largest absolute Gasteiger partial charge is 0.205 e. The van der Waals surface area contributed by atoms with Crippen LogP contribution in [0, 0.1) is 0 Å². The second kappa shape index (κ2) is 20.1. The molecule has 0 aliphatic heterocycles. The van der Waals surface area contributed by atoms with Crippen molar-refractivity contribution in [1.29, 1.82) is 0 Å². The molecule has 0 saturated heterocycles. The Bertz CT molecular complexity index is 457. The third kappa shape index (κ3) is 15.0. The molecule has 0 aromatic carbocycles. The van der Waals surface area contributed by atoms with Crippen molar-refractivity contribution in [3.8, 4) is 0 Å². The van der Waals surface area contributed by atoms with Crippen LogP contribution in [0.2, 0.25) is 0 Å². The fourth-order valence-electron chi connectivity index (χ4n) is 4.47. The zero-order valence-electron chi connectivity index (χ0n) is 21.0.